The predicted octanol–water partition coefficient (Wildman–Crippen LogP) is 5.27. The van der Waals surface area contributed by atoms with E-state index in [0.29, 0.717) is 19.7 Å². The van der Waals surface area contributed by atoms with Crippen molar-refractivity contribution in [3.05, 3.63) is 100 Å². The molecule has 0 spiro atoms. The van der Waals surface area contributed by atoms with Crippen LogP contribution in [0.25, 0.3) is 0 Å². The highest BCUT2D eigenvalue weighted by molar-refractivity contribution is 9.10. The summed E-state index contributed by atoms with van der Waals surface area (Å²) in [4.78, 5) is 0. The average molecular weight is 449 g/mol. The molecule has 2 N–H and O–H groups in total. The number of aliphatic hydroxyl groups excluding tert-OH is 1. The van der Waals surface area contributed by atoms with Gasteiger partial charge in [-0.05, 0) is 44.8 Å². The van der Waals surface area contributed by atoms with Gasteiger partial charge in [-0.15, -0.1) is 12.4 Å². The summed E-state index contributed by atoms with van der Waals surface area (Å²) in [6.07, 6.45) is -0.506. The molecule has 1 atom stereocenters. The predicted molar refractivity (Wildman–Crippen MR) is 115 cm³/mol. The van der Waals surface area contributed by atoms with Gasteiger partial charge in [-0.3, -0.25) is 0 Å². The molecule has 5 heteroatoms. The normalized spacial score (nSPS) is 11.5. The van der Waals surface area contributed by atoms with E-state index in [2.05, 4.69) is 21.2 Å². The van der Waals surface area contributed by atoms with Crippen molar-refractivity contribution in [2.45, 2.75) is 19.3 Å². The molecule has 27 heavy (non-hydrogen) atoms. The molecule has 0 saturated carbocycles. The van der Waals surface area contributed by atoms with Crippen molar-refractivity contribution in [2.75, 3.05) is 6.54 Å². The molecule has 142 valence electrons. The Kier molecular flexibility index (Phi) is 8.82. The summed E-state index contributed by atoms with van der Waals surface area (Å²) >= 11 is 3.58. The summed E-state index contributed by atoms with van der Waals surface area (Å²) in [5, 5.41) is 13.5. The van der Waals surface area contributed by atoms with Crippen molar-refractivity contribution >= 4 is 28.3 Å². The maximum Gasteiger partial charge on any atom is 0.134 e. The largest absolute Gasteiger partial charge is 0.488 e. The van der Waals surface area contributed by atoms with E-state index in [9.17, 15) is 5.11 Å². The van der Waals surface area contributed by atoms with Crippen LogP contribution >= 0.6 is 28.3 Å². The van der Waals surface area contributed by atoms with Crippen LogP contribution in [-0.4, -0.2) is 11.7 Å². The van der Waals surface area contributed by atoms with Crippen molar-refractivity contribution in [3.63, 3.8) is 0 Å². The first kappa shape index (κ1) is 21.5. The summed E-state index contributed by atoms with van der Waals surface area (Å²) in [6.45, 7) is 1.73. The monoisotopic (exact) mass is 447 g/mol. The Hall–Kier alpha value is -1.85. The first-order valence-electron chi connectivity index (χ1n) is 8.61. The highest BCUT2D eigenvalue weighted by Crippen LogP contribution is 2.27. The zero-order valence-corrected chi connectivity index (χ0v) is 17.2. The van der Waals surface area contributed by atoms with Crippen molar-refractivity contribution in [3.8, 4) is 5.75 Å². The average Bonchev–Trinajstić information content (AvgIpc) is 2.69. The second kappa shape index (κ2) is 11.1. The van der Waals surface area contributed by atoms with Gasteiger partial charge in [-0.1, -0.05) is 66.7 Å². The van der Waals surface area contributed by atoms with E-state index < -0.39 is 6.10 Å². The molecule has 0 amide bonds. The molecule has 3 aromatic rings. The minimum Gasteiger partial charge on any atom is -0.488 e. The van der Waals surface area contributed by atoms with Gasteiger partial charge in [0, 0.05) is 13.1 Å². The third kappa shape index (κ3) is 6.67. The van der Waals surface area contributed by atoms with E-state index in [4.69, 9.17) is 4.74 Å². The van der Waals surface area contributed by atoms with Crippen molar-refractivity contribution < 1.29 is 9.84 Å². The van der Waals surface area contributed by atoms with Gasteiger partial charge < -0.3 is 15.2 Å². The molecule has 0 saturated heterocycles. The Morgan fingerprint density at radius 1 is 0.889 bits per heavy atom. The summed E-state index contributed by atoms with van der Waals surface area (Å²) in [5.41, 5.74) is 3.19. The number of aliphatic hydroxyl groups is 1. The van der Waals surface area contributed by atoms with E-state index >= 15 is 0 Å². The minimum absolute atomic E-state index is 0. The van der Waals surface area contributed by atoms with E-state index in [0.717, 1.165) is 26.9 Å². The van der Waals surface area contributed by atoms with Crippen LogP contribution in [0.1, 0.15) is 22.8 Å². The Bertz CT molecular complexity index is 815. The SMILES string of the molecule is Cl.OC(CNCc1ccc(OCc2ccccc2)c(Br)c1)c1ccccc1. The zero-order chi connectivity index (χ0) is 18.2. The standard InChI is InChI=1S/C22H22BrNO2.ClH/c23-20-13-18(14-24-15-21(25)19-9-5-2-6-10-19)11-12-22(20)26-16-17-7-3-1-4-8-17;/h1-13,21,24-25H,14-16H2;1H. The molecule has 0 heterocycles. The quantitative estimate of drug-likeness (QED) is 0.493. The third-order valence-electron chi connectivity index (χ3n) is 4.08. The molecule has 0 aromatic heterocycles. The smallest absolute Gasteiger partial charge is 0.134 e. The lowest BCUT2D eigenvalue weighted by atomic mass is 10.1. The topological polar surface area (TPSA) is 41.5 Å². The second-order valence-corrected chi connectivity index (χ2v) is 6.95. The van der Waals surface area contributed by atoms with Crippen LogP contribution in [0.5, 0.6) is 5.75 Å². The molecule has 3 aromatic carbocycles. The van der Waals surface area contributed by atoms with E-state index in [1.807, 2.05) is 78.9 Å². The Balaban J connectivity index is 0.00000261. The van der Waals surface area contributed by atoms with E-state index in [1.165, 1.54) is 0 Å². The molecule has 0 aliphatic heterocycles. The molecule has 0 aliphatic carbocycles. The van der Waals surface area contributed by atoms with Gasteiger partial charge in [0.2, 0.25) is 0 Å². The molecular weight excluding hydrogens is 426 g/mol. The maximum atomic E-state index is 10.2. The van der Waals surface area contributed by atoms with Gasteiger partial charge in [-0.25, -0.2) is 0 Å². The van der Waals surface area contributed by atoms with E-state index in [1.54, 1.807) is 0 Å². The highest BCUT2D eigenvalue weighted by atomic mass is 79.9. The van der Waals surface area contributed by atoms with Crippen molar-refractivity contribution in [1.29, 1.82) is 0 Å². The van der Waals surface area contributed by atoms with Crippen LogP contribution in [0.3, 0.4) is 0 Å². The first-order valence-corrected chi connectivity index (χ1v) is 9.40. The fourth-order valence-corrected chi connectivity index (χ4v) is 3.19. The summed E-state index contributed by atoms with van der Waals surface area (Å²) in [6, 6.07) is 25.8. The van der Waals surface area contributed by atoms with Gasteiger partial charge in [0.1, 0.15) is 12.4 Å². The highest BCUT2D eigenvalue weighted by Gasteiger charge is 2.07. The first-order chi connectivity index (χ1) is 12.7. The van der Waals surface area contributed by atoms with Crippen LogP contribution in [0.4, 0.5) is 0 Å². The lowest BCUT2D eigenvalue weighted by Gasteiger charge is -2.13. The third-order valence-corrected chi connectivity index (χ3v) is 4.70. The summed E-state index contributed by atoms with van der Waals surface area (Å²) < 4.78 is 6.80. The van der Waals surface area contributed by atoms with Crippen LogP contribution in [0.2, 0.25) is 0 Å². The number of hydrogen-bond acceptors (Lipinski definition) is 3. The molecule has 0 aliphatic rings. The van der Waals surface area contributed by atoms with Gasteiger partial charge >= 0.3 is 0 Å². The Morgan fingerprint density at radius 2 is 1.56 bits per heavy atom. The van der Waals surface area contributed by atoms with Crippen molar-refractivity contribution in [2.24, 2.45) is 0 Å². The van der Waals surface area contributed by atoms with Crippen LogP contribution < -0.4 is 10.1 Å². The number of nitrogens with one attached hydrogen (secondary N) is 1. The van der Waals surface area contributed by atoms with E-state index in [-0.39, 0.29) is 12.4 Å². The van der Waals surface area contributed by atoms with Gasteiger partial charge in [0.15, 0.2) is 0 Å². The number of ether oxygens (including phenoxy) is 1. The second-order valence-electron chi connectivity index (χ2n) is 6.10. The molecule has 1 unspecified atom stereocenters. The van der Waals surface area contributed by atoms with Gasteiger partial charge in [-0.2, -0.15) is 0 Å². The summed E-state index contributed by atoms with van der Waals surface area (Å²) in [7, 11) is 0. The summed E-state index contributed by atoms with van der Waals surface area (Å²) in [5.74, 6) is 0.821. The minimum atomic E-state index is -0.506. The number of hydrogen-bond donors (Lipinski definition) is 2. The maximum absolute atomic E-state index is 10.2. The molecular formula is C22H23BrClNO2. The molecule has 0 bridgehead atoms. The Morgan fingerprint density at radius 3 is 2.22 bits per heavy atom. The van der Waals surface area contributed by atoms with Gasteiger partial charge in [0.25, 0.3) is 0 Å². The molecule has 0 fully saturated rings. The molecule has 3 nitrogen and oxygen atoms in total. The lowest BCUT2D eigenvalue weighted by molar-refractivity contribution is 0.174. The fourth-order valence-electron chi connectivity index (χ4n) is 2.65. The van der Waals surface area contributed by atoms with Crippen molar-refractivity contribution in [1.82, 2.24) is 5.32 Å². The van der Waals surface area contributed by atoms with Crippen LogP contribution in [-0.2, 0) is 13.2 Å². The zero-order valence-electron chi connectivity index (χ0n) is 14.8. The molecule has 0 radical (unpaired) electrons. The van der Waals surface area contributed by atoms with Crippen LogP contribution in [0, 0.1) is 0 Å². The lowest BCUT2D eigenvalue weighted by Crippen LogP contribution is -2.21. The number of halogens is 2. The van der Waals surface area contributed by atoms with Gasteiger partial charge in [0.05, 0.1) is 10.6 Å². The number of rotatable bonds is 8. The van der Waals surface area contributed by atoms with Crippen LogP contribution in [0.15, 0.2) is 83.3 Å². The number of benzene rings is 3. The fraction of sp³-hybridized carbons (Fsp3) is 0.182. The molecule has 3 rings (SSSR count). The Labute approximate surface area is 174 Å².